The van der Waals surface area contributed by atoms with Crippen LogP contribution < -0.4 is 53.6 Å². The van der Waals surface area contributed by atoms with E-state index in [0.717, 1.165) is 6.20 Å². The third-order valence-electron chi connectivity index (χ3n) is 19.6. The van der Waals surface area contributed by atoms with Crippen LogP contribution in [0.2, 0.25) is 0 Å². The van der Waals surface area contributed by atoms with Crippen molar-refractivity contribution in [2.45, 2.75) is 239 Å². The molecule has 0 bridgehead atoms. The molecule has 12 N–H and O–H groups in total. The van der Waals surface area contributed by atoms with Gasteiger partial charge in [0, 0.05) is 45.2 Å². The molecule has 0 radical (unpaired) electrons. The van der Waals surface area contributed by atoms with Crippen LogP contribution in [-0.4, -0.2) is 207 Å². The molecule has 15 atom stereocenters. The number of aliphatic hydroxyl groups is 1. The van der Waals surface area contributed by atoms with Crippen LogP contribution in [0, 0.1) is 35.5 Å². The number of nitrogens with two attached hydrogens (primary N) is 1. The van der Waals surface area contributed by atoms with Crippen molar-refractivity contribution in [3.05, 3.63) is 47.8 Å². The number of carbonyl (C=O) groups is 13. The van der Waals surface area contributed by atoms with Crippen molar-refractivity contribution < 1.29 is 67.4 Å². The Kier molecular flexibility index (Phi) is 28.8. The first-order valence-corrected chi connectivity index (χ1v) is 35.0. The summed E-state index contributed by atoms with van der Waals surface area (Å²) in [5.74, 6) is -11.8. The van der Waals surface area contributed by atoms with Gasteiger partial charge in [0.2, 0.25) is 70.9 Å². The Labute approximate surface area is 570 Å². The van der Waals surface area contributed by atoms with Crippen LogP contribution >= 0.6 is 0 Å². The lowest BCUT2D eigenvalue weighted by Crippen LogP contribution is -2.61. The molecule has 5 aliphatic heterocycles. The van der Waals surface area contributed by atoms with Crippen molar-refractivity contribution in [3.63, 3.8) is 0 Å². The second-order valence-electron chi connectivity index (χ2n) is 28.3. The van der Waals surface area contributed by atoms with Gasteiger partial charge in [-0.2, -0.15) is 0 Å². The Morgan fingerprint density at radius 2 is 1.16 bits per heavy atom. The number of nitrogens with zero attached hydrogens (tertiary/aromatic N) is 4. The lowest BCUT2D eigenvalue weighted by Gasteiger charge is -2.34. The predicted octanol–water partition coefficient (Wildman–Crippen LogP) is 0.490. The van der Waals surface area contributed by atoms with Crippen LogP contribution in [-0.2, 0) is 68.7 Å². The smallest absolute Gasteiger partial charge is 0.272 e. The van der Waals surface area contributed by atoms with Crippen molar-refractivity contribution in [1.29, 1.82) is 0 Å². The van der Waals surface area contributed by atoms with Gasteiger partial charge in [0.15, 0.2) is 0 Å². The van der Waals surface area contributed by atoms with Gasteiger partial charge in [-0.3, -0.25) is 62.3 Å². The molecule has 5 heterocycles. The Bertz CT molecular complexity index is 3040. The molecule has 0 spiro atoms. The van der Waals surface area contributed by atoms with Crippen molar-refractivity contribution in [1.82, 2.24) is 67.5 Å². The van der Waals surface area contributed by atoms with Crippen LogP contribution in [0.1, 0.15) is 166 Å². The van der Waals surface area contributed by atoms with Crippen molar-refractivity contribution >= 4 is 76.8 Å². The number of primary amides is 1. The number of rotatable bonds is 21. The summed E-state index contributed by atoms with van der Waals surface area (Å²) in [6.45, 7) is 21.0. The fourth-order valence-corrected chi connectivity index (χ4v) is 13.4. The molecule has 1 unspecified atom stereocenters. The molecular weight excluding hydrogens is 1250 g/mol. The minimum absolute atomic E-state index is 0.0143. The lowest BCUT2D eigenvalue weighted by atomic mass is 9.95. The number of benzene rings is 1. The van der Waals surface area contributed by atoms with Crippen LogP contribution in [0.5, 0.6) is 0 Å². The summed E-state index contributed by atoms with van der Waals surface area (Å²) in [7, 11) is 0. The molecule has 97 heavy (non-hydrogen) atoms. The van der Waals surface area contributed by atoms with E-state index in [-0.39, 0.29) is 89.4 Å². The van der Waals surface area contributed by atoms with Crippen molar-refractivity contribution in [2.24, 2.45) is 41.2 Å². The fraction of sp³-hybridized carbons (Fsp3) is 0.696. The molecule has 538 valence electrons. The molecule has 0 aromatic heterocycles. The SMILES string of the molecule is CC[C@H](C)[C@@H]1NC(=O)C(C(C)C)NC(=O)[C@@H]2C[C@@H](O)CN2C(=O)[C@H]([C@@H](C)CC)NC=C(C(=O)N2CCC[C@H]2C(=O)N[C@H](C(=O)N[C@@H](Cc2ccccc2)C(=O)NCC(N)=O)[C@@H](C)CC)NC(=O)[C@H](CC(C)C)NC(=O)[C@@H]2CCCN2C(=O)[C@@H]2CCCN2C(=O)[C@H](CC(C)C)NC1=O. The van der Waals surface area contributed by atoms with E-state index in [0.29, 0.717) is 37.7 Å². The van der Waals surface area contributed by atoms with E-state index >= 15 is 14.4 Å². The fourth-order valence-electron chi connectivity index (χ4n) is 13.4. The van der Waals surface area contributed by atoms with Gasteiger partial charge in [-0.1, -0.05) is 133 Å². The molecule has 1 aromatic rings. The van der Waals surface area contributed by atoms with E-state index in [4.69, 9.17) is 5.73 Å². The van der Waals surface area contributed by atoms with E-state index in [9.17, 15) is 53.1 Å². The number of nitrogens with one attached hydrogen (secondary N) is 9. The average Bonchev–Trinajstić information content (AvgIpc) is 1.70. The van der Waals surface area contributed by atoms with Gasteiger partial charge >= 0.3 is 0 Å². The number of fused-ring (bicyclic) bond motifs is 3. The zero-order valence-electron chi connectivity index (χ0n) is 58.7. The second kappa shape index (κ2) is 35.9. The molecule has 0 aliphatic carbocycles. The molecule has 28 nitrogen and oxygen atoms in total. The Balaban J connectivity index is 1.41. The maximum atomic E-state index is 15.5. The third-order valence-corrected chi connectivity index (χ3v) is 19.6. The number of amides is 13. The van der Waals surface area contributed by atoms with E-state index in [1.807, 2.05) is 41.5 Å². The topological polar surface area (TPSA) is 389 Å². The first kappa shape index (κ1) is 77.8. The molecule has 0 saturated carbocycles. The van der Waals surface area contributed by atoms with Crippen molar-refractivity contribution in [3.8, 4) is 0 Å². The maximum Gasteiger partial charge on any atom is 0.272 e. The Morgan fingerprint density at radius 3 is 1.77 bits per heavy atom. The molecular formula is C69H108N14O14. The first-order chi connectivity index (χ1) is 45.9. The average molecular weight is 1360 g/mol. The third kappa shape index (κ3) is 20.5. The highest BCUT2D eigenvalue weighted by Gasteiger charge is 2.48. The van der Waals surface area contributed by atoms with Gasteiger partial charge in [-0.05, 0) is 92.4 Å². The largest absolute Gasteiger partial charge is 0.391 e. The number of hydrogen-bond acceptors (Lipinski definition) is 15. The standard InChI is InChI=1S/C69H108N14O14/c1-13-40(10)55(64(92)74-46(58(86)72-35-53(70)85)32-43-22-17-16-18-23-43)78-61(89)50-25-19-27-80(50)67(95)48-34-71-57(42(12)15-3)69(97)83-36-44(84)33-52(83)62(90)77-54(39(8)9)63(91)79-56(41(11)14-2)65(93)75-47(31-38(6)7)66(94)82-29-21-26-51(82)68(96)81-28-20-24-49(81)60(88)73-45(30-37(4)5)59(87)76-48/h16-18,22-23,34,37-42,44-47,49-52,54-57,71,84H,13-15,19-21,24-33,35-36H2,1-12H3,(H2,70,85)(H,72,86)(H,73,88)(H,74,92)(H,75,93)(H,76,87)(H,77,90)(H,78,89)(H,79,91)/t40-,41-,42-,44+,45-,46-,47-,49-,50-,51-,52-,54?,55-,56-,57-/m0/s1. The highest BCUT2D eigenvalue weighted by atomic mass is 16.3. The monoisotopic (exact) mass is 1360 g/mol. The molecule has 28 heteroatoms. The molecule has 4 fully saturated rings. The van der Waals surface area contributed by atoms with Crippen LogP contribution in [0.3, 0.4) is 0 Å². The van der Waals surface area contributed by atoms with Gasteiger partial charge < -0.3 is 78.3 Å². The van der Waals surface area contributed by atoms with Gasteiger partial charge in [-0.25, -0.2) is 0 Å². The van der Waals surface area contributed by atoms with E-state index in [2.05, 4.69) is 47.9 Å². The zero-order valence-corrected chi connectivity index (χ0v) is 58.7. The maximum absolute atomic E-state index is 15.5. The highest BCUT2D eigenvalue weighted by molar-refractivity contribution is 6.03. The number of aliphatic hydroxyl groups excluding tert-OH is 1. The minimum Gasteiger partial charge on any atom is -0.391 e. The summed E-state index contributed by atoms with van der Waals surface area (Å²) in [4.78, 5) is 194. The summed E-state index contributed by atoms with van der Waals surface area (Å²) < 4.78 is 0. The van der Waals surface area contributed by atoms with Crippen LogP contribution in [0.25, 0.3) is 0 Å². The number of carbonyl (C=O) groups excluding carboxylic acids is 13. The number of hydrogen-bond donors (Lipinski definition) is 11. The summed E-state index contributed by atoms with van der Waals surface area (Å²) >= 11 is 0. The van der Waals surface area contributed by atoms with Gasteiger partial charge in [-0.15, -0.1) is 0 Å². The molecule has 6 rings (SSSR count). The molecule has 1 aromatic carbocycles. The summed E-state index contributed by atoms with van der Waals surface area (Å²) in [6, 6.07) is -4.52. The van der Waals surface area contributed by atoms with Crippen molar-refractivity contribution in [2.75, 3.05) is 32.7 Å². The lowest BCUT2D eigenvalue weighted by molar-refractivity contribution is -0.148. The quantitative estimate of drug-likeness (QED) is 0.0798. The number of likely N-dealkylation sites (tertiary alicyclic amines) is 1. The minimum atomic E-state index is -1.35. The van der Waals surface area contributed by atoms with Gasteiger partial charge in [0.05, 0.1) is 12.6 Å². The Hall–Kier alpha value is -8.17. The zero-order chi connectivity index (χ0) is 71.7. The van der Waals surface area contributed by atoms with Crippen LogP contribution in [0.15, 0.2) is 42.2 Å². The van der Waals surface area contributed by atoms with Gasteiger partial charge in [0.1, 0.15) is 72.2 Å². The van der Waals surface area contributed by atoms with E-state index in [1.54, 1.807) is 71.9 Å². The second-order valence-corrected chi connectivity index (χ2v) is 28.3. The molecule has 13 amide bonds. The van der Waals surface area contributed by atoms with E-state index < -0.39 is 185 Å². The van der Waals surface area contributed by atoms with E-state index in [1.165, 1.54) is 19.6 Å². The molecule has 5 aliphatic rings. The van der Waals surface area contributed by atoms with Crippen LogP contribution in [0.4, 0.5) is 0 Å². The first-order valence-electron chi connectivity index (χ1n) is 35.0. The predicted molar refractivity (Wildman–Crippen MR) is 360 cm³/mol. The Morgan fingerprint density at radius 1 is 0.598 bits per heavy atom. The summed E-state index contributed by atoms with van der Waals surface area (Å²) in [5, 5.41) is 36.5. The van der Waals surface area contributed by atoms with Gasteiger partial charge in [0.25, 0.3) is 5.91 Å². The molecule has 4 saturated heterocycles. The summed E-state index contributed by atoms with van der Waals surface area (Å²) in [5.41, 5.74) is 5.55. The normalized spacial score (nSPS) is 26.8. The highest BCUT2D eigenvalue weighted by Crippen LogP contribution is 2.29. The summed E-state index contributed by atoms with van der Waals surface area (Å²) in [6.07, 6.45) is 2.82.